The Kier molecular flexibility index (Phi) is 8.21. The number of nitrogens with one attached hydrogen (secondary N) is 1. The van der Waals surface area contributed by atoms with Crippen LogP contribution < -0.4 is 10.1 Å². The summed E-state index contributed by atoms with van der Waals surface area (Å²) in [4.78, 5) is 28.5. The maximum Gasteiger partial charge on any atom is 0.238 e. The summed E-state index contributed by atoms with van der Waals surface area (Å²) in [5, 5.41) is 2.85. The highest BCUT2D eigenvalue weighted by Gasteiger charge is 2.17. The number of rotatable bonds is 9. The highest BCUT2D eigenvalue weighted by atomic mass is 16.5. The minimum atomic E-state index is -0.151. The summed E-state index contributed by atoms with van der Waals surface area (Å²) in [5.41, 5.74) is 4.22. The smallest absolute Gasteiger partial charge is 0.238 e. The Morgan fingerprint density at radius 3 is 2.31 bits per heavy atom. The van der Waals surface area contributed by atoms with Crippen molar-refractivity contribution in [1.82, 2.24) is 9.80 Å². The SMILES string of the molecule is CCN(CC(=O)Nc1ccc(OC)cc1)CC(=O)N(C)Cc1ccc(C)cc1C. The van der Waals surface area contributed by atoms with Crippen LogP contribution in [-0.2, 0) is 16.1 Å². The minimum absolute atomic E-state index is 0.0101. The normalized spacial score (nSPS) is 10.7. The lowest BCUT2D eigenvalue weighted by atomic mass is 10.1. The van der Waals surface area contributed by atoms with Crippen LogP contribution in [0.15, 0.2) is 42.5 Å². The van der Waals surface area contributed by atoms with Crippen LogP contribution in [0.2, 0.25) is 0 Å². The molecule has 0 aromatic heterocycles. The van der Waals surface area contributed by atoms with E-state index in [-0.39, 0.29) is 24.9 Å². The highest BCUT2D eigenvalue weighted by molar-refractivity contribution is 5.92. The highest BCUT2D eigenvalue weighted by Crippen LogP contribution is 2.15. The third kappa shape index (κ3) is 6.91. The van der Waals surface area contributed by atoms with Gasteiger partial charge < -0.3 is 15.0 Å². The monoisotopic (exact) mass is 397 g/mol. The maximum atomic E-state index is 12.6. The third-order valence-electron chi connectivity index (χ3n) is 4.88. The fraction of sp³-hybridized carbons (Fsp3) is 0.391. The summed E-state index contributed by atoms with van der Waals surface area (Å²) < 4.78 is 5.11. The number of likely N-dealkylation sites (N-methyl/N-ethyl adjacent to an activating group) is 2. The van der Waals surface area contributed by atoms with Gasteiger partial charge in [-0.25, -0.2) is 0 Å². The first kappa shape index (κ1) is 22.4. The van der Waals surface area contributed by atoms with Crippen molar-refractivity contribution in [3.63, 3.8) is 0 Å². The molecule has 6 heteroatoms. The zero-order chi connectivity index (χ0) is 21.4. The van der Waals surface area contributed by atoms with Crippen LogP contribution in [0.5, 0.6) is 5.75 Å². The van der Waals surface area contributed by atoms with Gasteiger partial charge in [0.2, 0.25) is 11.8 Å². The second-order valence-corrected chi connectivity index (χ2v) is 7.26. The van der Waals surface area contributed by atoms with Crippen molar-refractivity contribution in [3.8, 4) is 5.75 Å². The number of ether oxygens (including phenoxy) is 1. The van der Waals surface area contributed by atoms with Gasteiger partial charge in [0.1, 0.15) is 5.75 Å². The Bertz CT molecular complexity index is 834. The molecule has 0 aliphatic rings. The lowest BCUT2D eigenvalue weighted by Crippen LogP contribution is -2.41. The van der Waals surface area contributed by atoms with E-state index in [0.29, 0.717) is 18.8 Å². The molecule has 0 heterocycles. The van der Waals surface area contributed by atoms with Gasteiger partial charge >= 0.3 is 0 Å². The van der Waals surface area contributed by atoms with Crippen molar-refractivity contribution >= 4 is 17.5 Å². The molecule has 0 bridgehead atoms. The quantitative estimate of drug-likeness (QED) is 0.706. The van der Waals surface area contributed by atoms with Crippen LogP contribution in [0.3, 0.4) is 0 Å². The average Bonchev–Trinajstić information content (AvgIpc) is 2.69. The molecule has 2 aromatic rings. The van der Waals surface area contributed by atoms with Crippen molar-refractivity contribution in [2.75, 3.05) is 39.1 Å². The molecule has 2 aromatic carbocycles. The summed E-state index contributed by atoms with van der Waals surface area (Å²) in [6.45, 7) is 7.58. The van der Waals surface area contributed by atoms with Crippen molar-refractivity contribution < 1.29 is 14.3 Å². The van der Waals surface area contributed by atoms with E-state index in [0.717, 1.165) is 11.3 Å². The van der Waals surface area contributed by atoms with Crippen molar-refractivity contribution in [2.45, 2.75) is 27.3 Å². The molecule has 0 fully saturated rings. The fourth-order valence-corrected chi connectivity index (χ4v) is 3.04. The van der Waals surface area contributed by atoms with E-state index in [9.17, 15) is 9.59 Å². The molecule has 2 rings (SSSR count). The molecule has 0 aliphatic carbocycles. The van der Waals surface area contributed by atoms with Crippen LogP contribution in [0.25, 0.3) is 0 Å². The molecular formula is C23H31N3O3. The number of carbonyl (C=O) groups excluding carboxylic acids is 2. The summed E-state index contributed by atoms with van der Waals surface area (Å²) in [6, 6.07) is 13.4. The average molecular weight is 398 g/mol. The predicted molar refractivity (Wildman–Crippen MR) is 116 cm³/mol. The molecule has 0 atom stereocenters. The van der Waals surface area contributed by atoms with Gasteiger partial charge in [0.25, 0.3) is 0 Å². The minimum Gasteiger partial charge on any atom is -0.497 e. The van der Waals surface area contributed by atoms with Gasteiger partial charge in [-0.05, 0) is 55.8 Å². The van der Waals surface area contributed by atoms with E-state index in [1.54, 1.807) is 43.3 Å². The predicted octanol–water partition coefficient (Wildman–Crippen LogP) is 3.23. The van der Waals surface area contributed by atoms with E-state index >= 15 is 0 Å². The molecule has 6 nitrogen and oxygen atoms in total. The third-order valence-corrected chi connectivity index (χ3v) is 4.88. The van der Waals surface area contributed by atoms with Crippen LogP contribution in [0.1, 0.15) is 23.6 Å². The molecule has 0 saturated heterocycles. The topological polar surface area (TPSA) is 61.9 Å². The number of benzene rings is 2. The fourth-order valence-electron chi connectivity index (χ4n) is 3.04. The van der Waals surface area contributed by atoms with Crippen LogP contribution in [0.4, 0.5) is 5.69 Å². The number of anilines is 1. The van der Waals surface area contributed by atoms with Gasteiger partial charge in [0, 0.05) is 19.3 Å². The number of hydrogen-bond acceptors (Lipinski definition) is 4. The molecular weight excluding hydrogens is 366 g/mol. The van der Waals surface area contributed by atoms with Crippen molar-refractivity contribution in [3.05, 3.63) is 59.2 Å². The second kappa shape index (κ2) is 10.6. The van der Waals surface area contributed by atoms with Gasteiger partial charge in [-0.1, -0.05) is 30.7 Å². The standard InChI is InChI=1S/C23H31N3O3/c1-6-26(15-22(27)24-20-9-11-21(29-5)12-10-20)16-23(28)25(4)14-19-8-7-17(2)13-18(19)3/h7-13H,6,14-16H2,1-5H3,(H,24,27). The number of amides is 2. The van der Waals surface area contributed by atoms with E-state index in [2.05, 4.69) is 37.4 Å². The van der Waals surface area contributed by atoms with Crippen LogP contribution in [0, 0.1) is 13.8 Å². The Hall–Kier alpha value is -2.86. The zero-order valence-corrected chi connectivity index (χ0v) is 18.0. The molecule has 0 unspecified atom stereocenters. The van der Waals surface area contributed by atoms with Gasteiger partial charge in [-0.2, -0.15) is 0 Å². The second-order valence-electron chi connectivity index (χ2n) is 7.26. The molecule has 2 amide bonds. The number of carbonyl (C=O) groups is 2. The summed E-state index contributed by atoms with van der Waals surface area (Å²) in [6.07, 6.45) is 0. The Labute approximate surface area is 173 Å². The van der Waals surface area contributed by atoms with E-state index in [1.165, 1.54) is 11.1 Å². The van der Waals surface area contributed by atoms with Crippen LogP contribution >= 0.6 is 0 Å². The molecule has 0 radical (unpaired) electrons. The van der Waals surface area contributed by atoms with E-state index in [4.69, 9.17) is 4.74 Å². The first-order chi connectivity index (χ1) is 13.8. The number of methoxy groups -OCH3 is 1. The molecule has 0 spiro atoms. The number of nitrogens with zero attached hydrogens (tertiary/aromatic N) is 2. The Morgan fingerprint density at radius 1 is 1.03 bits per heavy atom. The molecule has 0 aliphatic heterocycles. The number of hydrogen-bond donors (Lipinski definition) is 1. The molecule has 29 heavy (non-hydrogen) atoms. The first-order valence-corrected chi connectivity index (χ1v) is 9.78. The van der Waals surface area contributed by atoms with Gasteiger partial charge in [-0.15, -0.1) is 0 Å². The lowest BCUT2D eigenvalue weighted by Gasteiger charge is -2.24. The summed E-state index contributed by atoms with van der Waals surface area (Å²) in [7, 11) is 3.40. The Balaban J connectivity index is 1.88. The summed E-state index contributed by atoms with van der Waals surface area (Å²) in [5.74, 6) is 0.571. The summed E-state index contributed by atoms with van der Waals surface area (Å²) >= 11 is 0. The van der Waals surface area contributed by atoms with Gasteiger partial charge in [0.05, 0.1) is 20.2 Å². The van der Waals surface area contributed by atoms with E-state index < -0.39 is 0 Å². The maximum absolute atomic E-state index is 12.6. The van der Waals surface area contributed by atoms with Crippen molar-refractivity contribution in [1.29, 1.82) is 0 Å². The van der Waals surface area contributed by atoms with Gasteiger partial charge in [0.15, 0.2) is 0 Å². The molecule has 0 saturated carbocycles. The molecule has 1 N–H and O–H groups in total. The van der Waals surface area contributed by atoms with Crippen LogP contribution in [-0.4, -0.2) is 55.4 Å². The van der Waals surface area contributed by atoms with E-state index in [1.807, 2.05) is 11.8 Å². The van der Waals surface area contributed by atoms with Gasteiger partial charge in [-0.3, -0.25) is 14.5 Å². The Morgan fingerprint density at radius 2 is 1.72 bits per heavy atom. The molecule has 156 valence electrons. The lowest BCUT2D eigenvalue weighted by molar-refractivity contribution is -0.132. The first-order valence-electron chi connectivity index (χ1n) is 9.78. The largest absolute Gasteiger partial charge is 0.497 e. The van der Waals surface area contributed by atoms with Crippen molar-refractivity contribution in [2.24, 2.45) is 0 Å². The number of aryl methyl sites for hydroxylation is 2. The zero-order valence-electron chi connectivity index (χ0n) is 18.0.